The van der Waals surface area contributed by atoms with E-state index in [0.717, 1.165) is 30.6 Å². The Morgan fingerprint density at radius 3 is 2.81 bits per heavy atom. The van der Waals surface area contributed by atoms with Crippen LogP contribution in [-0.4, -0.2) is 26.6 Å². The summed E-state index contributed by atoms with van der Waals surface area (Å²) >= 11 is 5.37. The van der Waals surface area contributed by atoms with Gasteiger partial charge < -0.3 is 14.3 Å². The van der Waals surface area contributed by atoms with Crippen LogP contribution >= 0.6 is 12.2 Å². The highest BCUT2D eigenvalue weighted by Crippen LogP contribution is 2.20. The molecule has 5 nitrogen and oxygen atoms in total. The highest BCUT2D eigenvalue weighted by Gasteiger charge is 2.10. The van der Waals surface area contributed by atoms with E-state index in [1.807, 2.05) is 10.6 Å². The number of rotatable bonds is 5. The molecular formula is C15H16N4OS. The van der Waals surface area contributed by atoms with Crippen LogP contribution in [0.4, 0.5) is 0 Å². The normalized spacial score (nSPS) is 10.9. The van der Waals surface area contributed by atoms with Crippen molar-refractivity contribution in [2.24, 2.45) is 0 Å². The molecule has 0 unspecified atom stereocenters. The Kier molecular flexibility index (Phi) is 3.96. The summed E-state index contributed by atoms with van der Waals surface area (Å²) in [4.78, 5) is 11.5. The van der Waals surface area contributed by atoms with Gasteiger partial charge in [0.2, 0.25) is 5.88 Å². The average molecular weight is 300 g/mol. The molecule has 3 aromatic rings. The molecule has 2 aromatic heterocycles. The Morgan fingerprint density at radius 2 is 2.05 bits per heavy atom. The first-order valence-corrected chi connectivity index (χ1v) is 7.22. The van der Waals surface area contributed by atoms with Gasteiger partial charge in [-0.3, -0.25) is 0 Å². The van der Waals surface area contributed by atoms with Gasteiger partial charge in [0.05, 0.1) is 7.11 Å². The van der Waals surface area contributed by atoms with E-state index in [1.165, 1.54) is 11.9 Å². The van der Waals surface area contributed by atoms with Crippen molar-refractivity contribution in [2.75, 3.05) is 7.11 Å². The molecule has 0 aliphatic rings. The lowest BCUT2D eigenvalue weighted by atomic mass is 10.1. The summed E-state index contributed by atoms with van der Waals surface area (Å²) < 4.78 is 7.88. The summed E-state index contributed by atoms with van der Waals surface area (Å²) in [5.74, 6) is 0.521. The number of aromatic nitrogens is 4. The lowest BCUT2D eigenvalue weighted by Gasteiger charge is -2.04. The lowest BCUT2D eigenvalue weighted by Crippen LogP contribution is -2.01. The summed E-state index contributed by atoms with van der Waals surface area (Å²) in [6.45, 7) is 0.813. The van der Waals surface area contributed by atoms with Gasteiger partial charge in [0.1, 0.15) is 11.8 Å². The van der Waals surface area contributed by atoms with E-state index in [4.69, 9.17) is 17.0 Å². The minimum atomic E-state index is 0.521. The molecule has 0 saturated heterocycles. The average Bonchev–Trinajstić information content (AvgIpc) is 2.84. The third-order valence-electron chi connectivity index (χ3n) is 3.41. The van der Waals surface area contributed by atoms with E-state index in [-0.39, 0.29) is 0 Å². The summed E-state index contributed by atoms with van der Waals surface area (Å²) in [5, 5.41) is 0. The second-order valence-corrected chi connectivity index (χ2v) is 5.14. The van der Waals surface area contributed by atoms with Crippen molar-refractivity contribution in [1.82, 2.24) is 19.5 Å². The first kappa shape index (κ1) is 13.8. The van der Waals surface area contributed by atoms with Crippen LogP contribution in [0.2, 0.25) is 0 Å². The Balaban J connectivity index is 1.81. The molecule has 0 spiro atoms. The maximum Gasteiger partial charge on any atom is 0.242 e. The van der Waals surface area contributed by atoms with Gasteiger partial charge in [0, 0.05) is 6.54 Å². The molecular weight excluding hydrogens is 284 g/mol. The number of benzene rings is 1. The summed E-state index contributed by atoms with van der Waals surface area (Å²) in [5.41, 5.74) is 2.88. The molecule has 0 fully saturated rings. The van der Waals surface area contributed by atoms with E-state index in [1.54, 1.807) is 7.11 Å². The molecule has 0 radical (unpaired) electrons. The number of imidazole rings is 1. The zero-order valence-corrected chi connectivity index (χ0v) is 12.6. The molecule has 0 amide bonds. The molecule has 1 aromatic carbocycles. The maximum absolute atomic E-state index is 5.37. The second kappa shape index (κ2) is 6.05. The third-order valence-corrected chi connectivity index (χ3v) is 3.73. The standard InChI is InChI=1S/C15H16N4OS/c1-20-14-12-13(16-10-17-14)19(15(21)18-12)9-5-8-11-6-3-2-4-7-11/h2-4,6-7,10H,5,8-9H2,1H3,(H,18,21). The van der Waals surface area contributed by atoms with Crippen molar-refractivity contribution in [3.05, 3.63) is 47.0 Å². The predicted molar refractivity (Wildman–Crippen MR) is 84.0 cm³/mol. The summed E-state index contributed by atoms with van der Waals surface area (Å²) in [6.07, 6.45) is 3.51. The molecule has 6 heteroatoms. The van der Waals surface area contributed by atoms with Gasteiger partial charge in [-0.2, -0.15) is 4.98 Å². The van der Waals surface area contributed by atoms with Gasteiger partial charge in [-0.25, -0.2) is 4.98 Å². The van der Waals surface area contributed by atoms with Crippen molar-refractivity contribution in [1.29, 1.82) is 0 Å². The minimum absolute atomic E-state index is 0.521. The molecule has 2 heterocycles. The fourth-order valence-corrected chi connectivity index (χ4v) is 2.67. The second-order valence-electron chi connectivity index (χ2n) is 4.75. The number of aryl methyl sites for hydroxylation is 2. The number of methoxy groups -OCH3 is 1. The van der Waals surface area contributed by atoms with Gasteiger partial charge in [0.25, 0.3) is 0 Å². The van der Waals surface area contributed by atoms with Crippen molar-refractivity contribution < 1.29 is 4.74 Å². The van der Waals surface area contributed by atoms with Crippen molar-refractivity contribution >= 4 is 23.4 Å². The Bertz CT molecular complexity index is 794. The van der Waals surface area contributed by atoms with Crippen LogP contribution < -0.4 is 4.74 Å². The largest absolute Gasteiger partial charge is 0.479 e. The molecule has 21 heavy (non-hydrogen) atoms. The summed E-state index contributed by atoms with van der Waals surface area (Å²) in [7, 11) is 1.59. The Labute approximate surface area is 127 Å². The van der Waals surface area contributed by atoms with Gasteiger partial charge in [0.15, 0.2) is 10.4 Å². The first-order chi connectivity index (χ1) is 10.3. The van der Waals surface area contributed by atoms with Crippen LogP contribution in [-0.2, 0) is 13.0 Å². The zero-order valence-electron chi connectivity index (χ0n) is 11.7. The lowest BCUT2D eigenvalue weighted by molar-refractivity contribution is 0.401. The van der Waals surface area contributed by atoms with Crippen molar-refractivity contribution in [3.8, 4) is 5.88 Å². The number of hydrogen-bond acceptors (Lipinski definition) is 4. The van der Waals surface area contributed by atoms with Crippen LogP contribution in [0.15, 0.2) is 36.7 Å². The van der Waals surface area contributed by atoms with E-state index in [2.05, 4.69) is 39.2 Å². The fourth-order valence-electron chi connectivity index (χ4n) is 2.39. The Morgan fingerprint density at radius 1 is 1.24 bits per heavy atom. The third kappa shape index (κ3) is 2.80. The van der Waals surface area contributed by atoms with Gasteiger partial charge >= 0.3 is 0 Å². The number of nitrogens with zero attached hydrogens (tertiary/aromatic N) is 3. The first-order valence-electron chi connectivity index (χ1n) is 6.81. The smallest absolute Gasteiger partial charge is 0.242 e. The topological polar surface area (TPSA) is 55.7 Å². The maximum atomic E-state index is 5.37. The van der Waals surface area contributed by atoms with E-state index >= 15 is 0 Å². The number of H-pyrrole nitrogens is 1. The molecule has 0 bridgehead atoms. The highest BCUT2D eigenvalue weighted by atomic mass is 32.1. The predicted octanol–water partition coefficient (Wildman–Crippen LogP) is 3.13. The van der Waals surface area contributed by atoms with E-state index < -0.39 is 0 Å². The number of nitrogens with one attached hydrogen (secondary N) is 1. The number of aromatic amines is 1. The van der Waals surface area contributed by atoms with Crippen LogP contribution in [0.3, 0.4) is 0 Å². The zero-order chi connectivity index (χ0) is 14.7. The van der Waals surface area contributed by atoms with E-state index in [0.29, 0.717) is 10.7 Å². The van der Waals surface area contributed by atoms with Gasteiger partial charge in [-0.1, -0.05) is 30.3 Å². The van der Waals surface area contributed by atoms with Crippen LogP contribution in [0.25, 0.3) is 11.2 Å². The van der Waals surface area contributed by atoms with Gasteiger partial charge in [-0.15, -0.1) is 0 Å². The van der Waals surface area contributed by atoms with Crippen molar-refractivity contribution in [3.63, 3.8) is 0 Å². The van der Waals surface area contributed by atoms with Crippen LogP contribution in [0.1, 0.15) is 12.0 Å². The number of fused-ring (bicyclic) bond motifs is 1. The number of hydrogen-bond donors (Lipinski definition) is 1. The molecule has 0 aliphatic carbocycles. The van der Waals surface area contributed by atoms with Crippen molar-refractivity contribution in [2.45, 2.75) is 19.4 Å². The molecule has 108 valence electrons. The van der Waals surface area contributed by atoms with E-state index in [9.17, 15) is 0 Å². The van der Waals surface area contributed by atoms with Crippen LogP contribution in [0, 0.1) is 4.77 Å². The summed E-state index contributed by atoms with van der Waals surface area (Å²) in [6, 6.07) is 10.4. The fraction of sp³-hybridized carbons (Fsp3) is 0.267. The highest BCUT2D eigenvalue weighted by molar-refractivity contribution is 7.71. The molecule has 0 aliphatic heterocycles. The monoisotopic (exact) mass is 300 g/mol. The quantitative estimate of drug-likeness (QED) is 0.736. The SMILES string of the molecule is COc1ncnc2c1[nH]c(=S)n2CCCc1ccccc1. The van der Waals surface area contributed by atoms with Gasteiger partial charge in [-0.05, 0) is 30.6 Å². The molecule has 0 saturated carbocycles. The van der Waals surface area contributed by atoms with Crippen LogP contribution in [0.5, 0.6) is 5.88 Å². The number of ether oxygens (including phenoxy) is 1. The molecule has 3 rings (SSSR count). The minimum Gasteiger partial charge on any atom is -0.479 e. The molecule has 1 N–H and O–H groups in total. The molecule has 0 atom stereocenters. The Hall–Kier alpha value is -2.21.